The van der Waals surface area contributed by atoms with Gasteiger partial charge in [0.25, 0.3) is 0 Å². The van der Waals surface area contributed by atoms with Crippen LogP contribution >= 0.6 is 0 Å². The molecule has 0 saturated carbocycles. The molecule has 0 aliphatic rings. The number of carboxylic acid groups (broad SMARTS) is 1. The quantitative estimate of drug-likeness (QED) is 0.336. The third-order valence-electron chi connectivity index (χ3n) is 3.67. The number of carbonyl (C=O) groups excluding carboxylic acids is 3. The summed E-state index contributed by atoms with van der Waals surface area (Å²) < 4.78 is 0. The average molecular weight is 344 g/mol. The molecule has 0 aliphatic heterocycles. The number of carbonyl (C=O) groups is 4. The Morgan fingerprint density at radius 1 is 1.00 bits per heavy atom. The molecule has 0 aromatic rings. The molecule has 0 rings (SSSR count). The maximum Gasteiger partial charge on any atom is 0.322 e. The summed E-state index contributed by atoms with van der Waals surface area (Å²) in [5, 5.41) is 15.6. The Morgan fingerprint density at radius 3 is 2.04 bits per heavy atom. The summed E-state index contributed by atoms with van der Waals surface area (Å²) in [6.07, 6.45) is 0.733. The fraction of sp³-hybridized carbons (Fsp3) is 0.733. The third-order valence-corrected chi connectivity index (χ3v) is 3.67. The van der Waals surface area contributed by atoms with Crippen molar-refractivity contribution in [3.8, 4) is 0 Å². The van der Waals surface area contributed by atoms with Crippen LogP contribution < -0.4 is 21.7 Å². The number of hydrogen-bond acceptors (Lipinski definition) is 5. The molecule has 0 aromatic carbocycles. The molecule has 0 spiro atoms. The van der Waals surface area contributed by atoms with Gasteiger partial charge < -0.3 is 26.8 Å². The Labute approximate surface area is 141 Å². The van der Waals surface area contributed by atoms with E-state index in [1.54, 1.807) is 13.8 Å². The van der Waals surface area contributed by atoms with Crippen LogP contribution in [0.25, 0.3) is 0 Å². The first-order chi connectivity index (χ1) is 11.1. The Morgan fingerprint density at radius 2 is 1.58 bits per heavy atom. The zero-order valence-electron chi connectivity index (χ0n) is 14.6. The molecule has 24 heavy (non-hydrogen) atoms. The van der Waals surface area contributed by atoms with E-state index in [2.05, 4.69) is 16.0 Å². The molecule has 0 heterocycles. The van der Waals surface area contributed by atoms with Gasteiger partial charge in [0.1, 0.15) is 12.6 Å². The summed E-state index contributed by atoms with van der Waals surface area (Å²) in [6.45, 7) is 6.38. The molecule has 3 atom stereocenters. The fourth-order valence-electron chi connectivity index (χ4n) is 1.81. The van der Waals surface area contributed by atoms with E-state index >= 15 is 0 Å². The molecule has 0 saturated heterocycles. The lowest BCUT2D eigenvalue weighted by Gasteiger charge is -2.25. The molecule has 0 fully saturated rings. The molecule has 0 radical (unpaired) electrons. The van der Waals surface area contributed by atoms with Crippen LogP contribution in [0.2, 0.25) is 0 Å². The molecular weight excluding hydrogens is 316 g/mol. The molecule has 3 amide bonds. The molecule has 0 bridgehead atoms. The van der Waals surface area contributed by atoms with Crippen molar-refractivity contribution in [2.75, 3.05) is 13.1 Å². The molecule has 9 nitrogen and oxygen atoms in total. The zero-order valence-corrected chi connectivity index (χ0v) is 14.6. The number of nitrogens with one attached hydrogen (secondary N) is 3. The predicted octanol–water partition coefficient (Wildman–Crippen LogP) is -1.18. The minimum absolute atomic E-state index is 0.0253. The van der Waals surface area contributed by atoms with Crippen molar-refractivity contribution in [2.45, 2.75) is 46.2 Å². The van der Waals surface area contributed by atoms with Gasteiger partial charge in [-0.05, 0) is 11.8 Å². The second-order valence-corrected chi connectivity index (χ2v) is 6.03. The van der Waals surface area contributed by atoms with Gasteiger partial charge in [-0.1, -0.05) is 34.1 Å². The summed E-state index contributed by atoms with van der Waals surface area (Å²) in [6, 6.07) is -1.55. The van der Waals surface area contributed by atoms with Gasteiger partial charge in [0.05, 0.1) is 12.6 Å². The van der Waals surface area contributed by atoms with Crippen LogP contribution in [0.5, 0.6) is 0 Å². The van der Waals surface area contributed by atoms with E-state index in [4.69, 9.17) is 10.8 Å². The lowest BCUT2D eigenvalue weighted by molar-refractivity contribution is -0.138. The third kappa shape index (κ3) is 7.91. The van der Waals surface area contributed by atoms with Gasteiger partial charge >= 0.3 is 5.97 Å². The Balaban J connectivity index is 4.60. The maximum absolute atomic E-state index is 12.2. The smallest absolute Gasteiger partial charge is 0.322 e. The summed E-state index contributed by atoms with van der Waals surface area (Å²) in [7, 11) is 0. The number of aliphatic carboxylic acids is 1. The van der Waals surface area contributed by atoms with Crippen LogP contribution in [0.3, 0.4) is 0 Å². The van der Waals surface area contributed by atoms with Gasteiger partial charge in [0.15, 0.2) is 0 Å². The van der Waals surface area contributed by atoms with E-state index in [9.17, 15) is 19.2 Å². The van der Waals surface area contributed by atoms with Crippen molar-refractivity contribution in [2.24, 2.45) is 17.6 Å². The summed E-state index contributed by atoms with van der Waals surface area (Å²) in [5.74, 6) is -2.99. The molecular formula is C15H28N4O5. The van der Waals surface area contributed by atoms with Crippen LogP contribution in [0.1, 0.15) is 34.1 Å². The van der Waals surface area contributed by atoms with Crippen LogP contribution in [-0.2, 0) is 19.2 Å². The standard InChI is InChI=1S/C15H28N4O5/c1-5-9(4)12(16)14(23)19-13(8(2)3)15(24)18-6-10(20)17-7-11(21)22/h8-9,12-13H,5-7,16H2,1-4H3,(H,17,20)(H,18,24)(H,19,23)(H,21,22)/t9-,12-,13-/m0/s1. The van der Waals surface area contributed by atoms with E-state index in [1.807, 2.05) is 13.8 Å². The molecule has 0 unspecified atom stereocenters. The van der Waals surface area contributed by atoms with Crippen molar-refractivity contribution in [1.29, 1.82) is 0 Å². The zero-order chi connectivity index (χ0) is 18.9. The topological polar surface area (TPSA) is 151 Å². The van der Waals surface area contributed by atoms with Gasteiger partial charge in [-0.3, -0.25) is 19.2 Å². The van der Waals surface area contributed by atoms with Gasteiger partial charge in [0, 0.05) is 0 Å². The normalized spacial score (nSPS) is 14.4. The molecule has 0 aromatic heterocycles. The van der Waals surface area contributed by atoms with Gasteiger partial charge in [-0.15, -0.1) is 0 Å². The van der Waals surface area contributed by atoms with Crippen LogP contribution in [0, 0.1) is 11.8 Å². The minimum atomic E-state index is -1.18. The number of rotatable bonds is 10. The summed E-state index contributed by atoms with van der Waals surface area (Å²) in [5.41, 5.74) is 5.85. The number of nitrogens with two attached hydrogens (primary N) is 1. The van der Waals surface area contributed by atoms with Crippen molar-refractivity contribution in [3.05, 3.63) is 0 Å². The maximum atomic E-state index is 12.2. The molecule has 0 aliphatic carbocycles. The van der Waals surface area contributed by atoms with E-state index in [1.165, 1.54) is 0 Å². The van der Waals surface area contributed by atoms with Crippen molar-refractivity contribution < 1.29 is 24.3 Å². The average Bonchev–Trinajstić information content (AvgIpc) is 2.53. The van der Waals surface area contributed by atoms with Crippen LogP contribution in [0.15, 0.2) is 0 Å². The fourth-order valence-corrected chi connectivity index (χ4v) is 1.81. The first-order valence-corrected chi connectivity index (χ1v) is 7.92. The molecule has 138 valence electrons. The second kappa shape index (κ2) is 10.6. The number of hydrogen-bond donors (Lipinski definition) is 5. The number of amides is 3. The van der Waals surface area contributed by atoms with Crippen molar-refractivity contribution in [3.63, 3.8) is 0 Å². The van der Waals surface area contributed by atoms with E-state index in [0.717, 1.165) is 6.42 Å². The van der Waals surface area contributed by atoms with Crippen LogP contribution in [-0.4, -0.2) is 54.0 Å². The lowest BCUT2D eigenvalue weighted by Crippen LogP contribution is -2.55. The summed E-state index contributed by atoms with van der Waals surface area (Å²) in [4.78, 5) is 46.0. The molecule has 9 heteroatoms. The Bertz CT molecular complexity index is 467. The molecule has 6 N–H and O–H groups in total. The van der Waals surface area contributed by atoms with Gasteiger partial charge in [0.2, 0.25) is 17.7 Å². The first-order valence-electron chi connectivity index (χ1n) is 7.92. The van der Waals surface area contributed by atoms with Crippen LogP contribution in [0.4, 0.5) is 0 Å². The monoisotopic (exact) mass is 344 g/mol. The van der Waals surface area contributed by atoms with E-state index in [-0.39, 0.29) is 18.4 Å². The summed E-state index contributed by atoms with van der Waals surface area (Å²) >= 11 is 0. The van der Waals surface area contributed by atoms with Crippen molar-refractivity contribution in [1.82, 2.24) is 16.0 Å². The van der Waals surface area contributed by atoms with Gasteiger partial charge in [-0.25, -0.2) is 0 Å². The highest BCUT2D eigenvalue weighted by Crippen LogP contribution is 2.07. The highest BCUT2D eigenvalue weighted by atomic mass is 16.4. The van der Waals surface area contributed by atoms with E-state index < -0.39 is 42.3 Å². The van der Waals surface area contributed by atoms with Crippen molar-refractivity contribution >= 4 is 23.7 Å². The largest absolute Gasteiger partial charge is 0.480 e. The number of carboxylic acids is 1. The Hall–Kier alpha value is -2.16. The Kier molecular flexibility index (Phi) is 9.63. The second-order valence-electron chi connectivity index (χ2n) is 6.03. The predicted molar refractivity (Wildman–Crippen MR) is 87.9 cm³/mol. The highest BCUT2D eigenvalue weighted by molar-refractivity contribution is 5.92. The van der Waals surface area contributed by atoms with Gasteiger partial charge in [-0.2, -0.15) is 0 Å². The van der Waals surface area contributed by atoms with E-state index in [0.29, 0.717) is 0 Å². The SMILES string of the molecule is CC[C@H](C)[C@H](N)C(=O)N[C@H](C(=O)NCC(=O)NCC(=O)O)C(C)C. The lowest BCUT2D eigenvalue weighted by atomic mass is 9.97. The highest BCUT2D eigenvalue weighted by Gasteiger charge is 2.28. The minimum Gasteiger partial charge on any atom is -0.480 e. The first kappa shape index (κ1) is 21.8.